The standard InChI is InChI=1S/C15H12O3/c16-12-13-7-8-14-11-15(13)18-10-6-4-2-1-3-5-9-17-14/h1-2,7-8,11,16H,9-10,12H2/b2-1-. The highest BCUT2D eigenvalue weighted by Crippen LogP contribution is 2.25. The van der Waals surface area contributed by atoms with Gasteiger partial charge in [0.05, 0.1) is 6.61 Å². The maximum absolute atomic E-state index is 9.21. The number of ether oxygens (including phenoxy) is 2. The molecule has 0 aromatic heterocycles. The van der Waals surface area contributed by atoms with E-state index in [1.54, 1.807) is 30.4 Å². The van der Waals surface area contributed by atoms with E-state index in [1.807, 2.05) is 0 Å². The Kier molecular flexibility index (Phi) is 4.30. The average Bonchev–Trinajstić information content (AvgIpc) is 2.42. The number of allylic oxidation sites excluding steroid dienone is 2. The molecule has 0 amide bonds. The summed E-state index contributed by atoms with van der Waals surface area (Å²) >= 11 is 0. The highest BCUT2D eigenvalue weighted by Gasteiger charge is 2.04. The van der Waals surface area contributed by atoms with Crippen LogP contribution in [-0.2, 0) is 6.61 Å². The van der Waals surface area contributed by atoms with Crippen LogP contribution in [0.4, 0.5) is 0 Å². The SMILES string of the molecule is OCc1ccc2cc1OCC#C/C=C\C#CCO2. The van der Waals surface area contributed by atoms with Gasteiger partial charge in [0, 0.05) is 11.6 Å². The normalized spacial score (nSPS) is 14.9. The lowest BCUT2D eigenvalue weighted by Crippen LogP contribution is -2.00. The van der Waals surface area contributed by atoms with Crippen molar-refractivity contribution in [3.8, 4) is 35.2 Å². The van der Waals surface area contributed by atoms with E-state index in [2.05, 4.69) is 23.7 Å². The average molecular weight is 240 g/mol. The summed E-state index contributed by atoms with van der Waals surface area (Å²) in [6.45, 7) is 0.479. The second-order valence-electron chi connectivity index (χ2n) is 3.48. The van der Waals surface area contributed by atoms with Gasteiger partial charge in [0.15, 0.2) is 0 Å². The lowest BCUT2D eigenvalue weighted by molar-refractivity contribution is 0.269. The number of aliphatic hydroxyl groups is 1. The van der Waals surface area contributed by atoms with Crippen molar-refractivity contribution in [1.29, 1.82) is 0 Å². The topological polar surface area (TPSA) is 38.7 Å². The summed E-state index contributed by atoms with van der Waals surface area (Å²) in [5, 5.41) is 9.21. The third-order valence-electron chi connectivity index (χ3n) is 2.27. The van der Waals surface area contributed by atoms with Crippen molar-refractivity contribution in [2.75, 3.05) is 13.2 Å². The second kappa shape index (κ2) is 6.39. The van der Waals surface area contributed by atoms with E-state index >= 15 is 0 Å². The van der Waals surface area contributed by atoms with Crippen molar-refractivity contribution in [2.45, 2.75) is 6.61 Å². The summed E-state index contributed by atoms with van der Waals surface area (Å²) in [7, 11) is 0. The minimum Gasteiger partial charge on any atom is -0.481 e. The maximum Gasteiger partial charge on any atom is 0.149 e. The lowest BCUT2D eigenvalue weighted by atomic mass is 10.2. The van der Waals surface area contributed by atoms with Crippen LogP contribution in [0.25, 0.3) is 0 Å². The molecule has 0 saturated carbocycles. The van der Waals surface area contributed by atoms with E-state index in [0.717, 1.165) is 0 Å². The molecule has 90 valence electrons. The first-order valence-electron chi connectivity index (χ1n) is 5.51. The fraction of sp³-hybridized carbons (Fsp3) is 0.200. The Bertz CT molecular complexity index is 565. The van der Waals surface area contributed by atoms with E-state index in [4.69, 9.17) is 9.47 Å². The molecule has 0 spiro atoms. The Morgan fingerprint density at radius 1 is 1.06 bits per heavy atom. The van der Waals surface area contributed by atoms with Gasteiger partial charge in [-0.15, -0.1) is 0 Å². The summed E-state index contributed by atoms with van der Waals surface area (Å²) in [6.07, 6.45) is 3.33. The van der Waals surface area contributed by atoms with E-state index < -0.39 is 0 Å². The molecule has 2 rings (SSSR count). The van der Waals surface area contributed by atoms with Crippen LogP contribution in [0.1, 0.15) is 5.56 Å². The van der Waals surface area contributed by atoms with Gasteiger partial charge in [-0.1, -0.05) is 23.7 Å². The quantitative estimate of drug-likeness (QED) is 0.756. The number of hydrogen-bond acceptors (Lipinski definition) is 3. The first-order chi connectivity index (χ1) is 8.90. The van der Waals surface area contributed by atoms with E-state index in [9.17, 15) is 5.11 Å². The third-order valence-corrected chi connectivity index (χ3v) is 2.27. The van der Waals surface area contributed by atoms with Gasteiger partial charge in [-0.05, 0) is 24.3 Å². The van der Waals surface area contributed by atoms with Gasteiger partial charge in [0.25, 0.3) is 0 Å². The highest BCUT2D eigenvalue weighted by atomic mass is 16.5. The number of fused-ring (bicyclic) bond motifs is 2. The minimum absolute atomic E-state index is 0.0806. The largest absolute Gasteiger partial charge is 0.481 e. The summed E-state index contributed by atoms with van der Waals surface area (Å²) in [4.78, 5) is 0. The van der Waals surface area contributed by atoms with Crippen LogP contribution >= 0.6 is 0 Å². The smallest absolute Gasteiger partial charge is 0.149 e. The fourth-order valence-electron chi connectivity index (χ4n) is 1.41. The molecule has 1 aliphatic heterocycles. The molecule has 1 aromatic rings. The molecule has 1 aromatic carbocycles. The second-order valence-corrected chi connectivity index (χ2v) is 3.48. The van der Waals surface area contributed by atoms with Crippen LogP contribution in [-0.4, -0.2) is 18.3 Å². The molecule has 0 radical (unpaired) electrons. The van der Waals surface area contributed by atoms with Crippen molar-refractivity contribution < 1.29 is 14.6 Å². The molecule has 1 heterocycles. The molecular weight excluding hydrogens is 228 g/mol. The zero-order valence-corrected chi connectivity index (χ0v) is 9.77. The highest BCUT2D eigenvalue weighted by molar-refractivity contribution is 5.41. The molecule has 2 bridgehead atoms. The van der Waals surface area contributed by atoms with Crippen LogP contribution in [0, 0.1) is 23.7 Å². The van der Waals surface area contributed by atoms with Gasteiger partial charge < -0.3 is 14.6 Å². The first kappa shape index (κ1) is 12.1. The van der Waals surface area contributed by atoms with Crippen LogP contribution < -0.4 is 9.47 Å². The van der Waals surface area contributed by atoms with Crippen molar-refractivity contribution in [1.82, 2.24) is 0 Å². The molecule has 0 saturated heterocycles. The summed E-state index contributed by atoms with van der Waals surface area (Å²) in [5.74, 6) is 12.5. The first-order valence-corrected chi connectivity index (χ1v) is 5.51. The van der Waals surface area contributed by atoms with Crippen LogP contribution in [0.5, 0.6) is 11.5 Å². The Balaban J connectivity index is 2.27. The molecule has 3 nitrogen and oxygen atoms in total. The molecule has 0 fully saturated rings. The van der Waals surface area contributed by atoms with Crippen molar-refractivity contribution in [2.24, 2.45) is 0 Å². The Morgan fingerprint density at radius 3 is 2.50 bits per heavy atom. The molecule has 1 N–H and O–H groups in total. The molecule has 0 aliphatic carbocycles. The Morgan fingerprint density at radius 2 is 1.78 bits per heavy atom. The predicted molar refractivity (Wildman–Crippen MR) is 68.0 cm³/mol. The maximum atomic E-state index is 9.21. The van der Waals surface area contributed by atoms with Gasteiger partial charge >= 0.3 is 0 Å². The molecular formula is C15H12O3. The van der Waals surface area contributed by atoms with Crippen molar-refractivity contribution in [3.63, 3.8) is 0 Å². The molecule has 0 unspecified atom stereocenters. The van der Waals surface area contributed by atoms with E-state index in [0.29, 0.717) is 23.7 Å². The van der Waals surface area contributed by atoms with Gasteiger partial charge in [-0.25, -0.2) is 0 Å². The molecule has 3 heteroatoms. The fourth-order valence-corrected chi connectivity index (χ4v) is 1.41. The zero-order chi connectivity index (χ0) is 12.6. The van der Waals surface area contributed by atoms with Crippen LogP contribution in [0.3, 0.4) is 0 Å². The minimum atomic E-state index is -0.0806. The molecule has 18 heavy (non-hydrogen) atoms. The predicted octanol–water partition coefficient (Wildman–Crippen LogP) is 1.51. The number of aliphatic hydroxyl groups excluding tert-OH is 1. The Hall–Kier alpha value is -2.36. The number of rotatable bonds is 1. The Labute approximate surface area is 106 Å². The van der Waals surface area contributed by atoms with E-state index in [-0.39, 0.29) is 13.2 Å². The van der Waals surface area contributed by atoms with Gasteiger partial charge in [0.2, 0.25) is 0 Å². The van der Waals surface area contributed by atoms with E-state index in [1.165, 1.54) is 0 Å². The number of benzene rings is 1. The van der Waals surface area contributed by atoms with Crippen molar-refractivity contribution >= 4 is 0 Å². The monoisotopic (exact) mass is 240 g/mol. The van der Waals surface area contributed by atoms with Gasteiger partial charge in [-0.3, -0.25) is 0 Å². The summed E-state index contributed by atoms with van der Waals surface area (Å²) < 4.78 is 10.9. The summed E-state index contributed by atoms with van der Waals surface area (Å²) in [5.41, 5.74) is 0.709. The van der Waals surface area contributed by atoms with Gasteiger partial charge in [0.1, 0.15) is 24.7 Å². The summed E-state index contributed by atoms with van der Waals surface area (Å²) in [6, 6.07) is 5.28. The number of hydrogen-bond donors (Lipinski definition) is 1. The lowest BCUT2D eigenvalue weighted by Gasteiger charge is -2.10. The zero-order valence-electron chi connectivity index (χ0n) is 9.77. The van der Waals surface area contributed by atoms with Gasteiger partial charge in [-0.2, -0.15) is 0 Å². The van der Waals surface area contributed by atoms with Crippen LogP contribution in [0.2, 0.25) is 0 Å². The molecule has 0 atom stereocenters. The van der Waals surface area contributed by atoms with Crippen molar-refractivity contribution in [3.05, 3.63) is 35.9 Å². The third kappa shape index (κ3) is 3.31. The molecule has 1 aliphatic rings. The van der Waals surface area contributed by atoms with Crippen LogP contribution in [0.15, 0.2) is 30.4 Å².